The number of aliphatic hydroxyl groups is 1. The molecule has 5 atom stereocenters. The highest BCUT2D eigenvalue weighted by Crippen LogP contribution is 2.45. The summed E-state index contributed by atoms with van der Waals surface area (Å²) in [6, 6.07) is 0. The average molecular weight is 368 g/mol. The second-order valence-electron chi connectivity index (χ2n) is 7.80. The van der Waals surface area contributed by atoms with E-state index in [1.165, 1.54) is 0 Å². The first-order valence-corrected chi connectivity index (χ1v) is 9.10. The number of ether oxygens (including phenoxy) is 2. The fraction of sp³-hybridized carbons (Fsp3) is 0.737. The van der Waals surface area contributed by atoms with E-state index in [1.807, 2.05) is 19.1 Å². The molecule has 0 heterocycles. The molecule has 3 aliphatic carbocycles. The fourth-order valence-electron chi connectivity index (χ4n) is 3.49. The minimum Gasteiger partial charge on any atom is -0.481 e. The predicted octanol–water partition coefficient (Wildman–Crippen LogP) is 1.78. The summed E-state index contributed by atoms with van der Waals surface area (Å²) in [4.78, 5) is 35.8. The van der Waals surface area contributed by atoms with Gasteiger partial charge in [-0.1, -0.05) is 19.1 Å². The minimum absolute atomic E-state index is 0.145. The van der Waals surface area contributed by atoms with Crippen LogP contribution in [-0.4, -0.2) is 47.4 Å². The number of carboxylic acids is 1. The summed E-state index contributed by atoms with van der Waals surface area (Å²) in [5, 5.41) is 19.4. The lowest BCUT2D eigenvalue weighted by molar-refractivity contribution is -0.168. The van der Waals surface area contributed by atoms with Crippen LogP contribution in [0.4, 0.5) is 0 Å². The lowest BCUT2D eigenvalue weighted by atomic mass is 9.62. The van der Waals surface area contributed by atoms with E-state index in [0.29, 0.717) is 6.42 Å². The van der Waals surface area contributed by atoms with Gasteiger partial charge in [0.2, 0.25) is 0 Å². The molecule has 2 bridgehead atoms. The van der Waals surface area contributed by atoms with E-state index in [2.05, 4.69) is 0 Å². The zero-order valence-electron chi connectivity index (χ0n) is 15.5. The second kappa shape index (κ2) is 8.20. The van der Waals surface area contributed by atoms with Gasteiger partial charge < -0.3 is 19.7 Å². The van der Waals surface area contributed by atoms with E-state index in [-0.39, 0.29) is 25.0 Å². The zero-order chi connectivity index (χ0) is 19.5. The molecule has 3 rings (SSSR count). The first kappa shape index (κ1) is 20.4. The Morgan fingerprint density at radius 1 is 1.08 bits per heavy atom. The smallest absolute Gasteiger partial charge is 0.311 e. The van der Waals surface area contributed by atoms with Gasteiger partial charge in [0.05, 0.1) is 17.3 Å². The predicted molar refractivity (Wildman–Crippen MR) is 92.0 cm³/mol. The van der Waals surface area contributed by atoms with Crippen LogP contribution in [0.25, 0.3) is 0 Å². The third kappa shape index (κ3) is 4.44. The molecular formula is C19H28O7. The molecule has 0 aromatic carbocycles. The van der Waals surface area contributed by atoms with Crippen molar-refractivity contribution in [2.24, 2.45) is 29.1 Å². The summed E-state index contributed by atoms with van der Waals surface area (Å²) in [6.45, 7) is 4.76. The topological polar surface area (TPSA) is 110 Å². The van der Waals surface area contributed by atoms with Crippen molar-refractivity contribution >= 4 is 17.9 Å². The Labute approximate surface area is 153 Å². The Morgan fingerprint density at radius 2 is 1.62 bits per heavy atom. The number of carbonyl (C=O) groups is 3. The Balaban J connectivity index is 1.85. The molecular weight excluding hydrogens is 340 g/mol. The summed E-state index contributed by atoms with van der Waals surface area (Å²) in [5.41, 5.74) is -0.640. The summed E-state index contributed by atoms with van der Waals surface area (Å²) in [7, 11) is 0. The fourth-order valence-corrected chi connectivity index (χ4v) is 3.49. The summed E-state index contributed by atoms with van der Waals surface area (Å²) < 4.78 is 10.2. The van der Waals surface area contributed by atoms with Gasteiger partial charge in [0.25, 0.3) is 0 Å². The molecule has 0 aromatic rings. The van der Waals surface area contributed by atoms with Crippen molar-refractivity contribution in [3.63, 3.8) is 0 Å². The first-order valence-electron chi connectivity index (χ1n) is 9.10. The molecule has 7 heteroatoms. The highest BCUT2D eigenvalue weighted by molar-refractivity contribution is 5.83. The molecule has 1 fully saturated rings. The van der Waals surface area contributed by atoms with Gasteiger partial charge in [-0.15, -0.1) is 0 Å². The maximum absolute atomic E-state index is 12.4. The van der Waals surface area contributed by atoms with Crippen molar-refractivity contribution in [3.8, 4) is 0 Å². The minimum atomic E-state index is -1.14. The van der Waals surface area contributed by atoms with Gasteiger partial charge in [-0.2, -0.15) is 0 Å². The van der Waals surface area contributed by atoms with E-state index >= 15 is 0 Å². The van der Waals surface area contributed by atoms with Crippen LogP contribution in [0.5, 0.6) is 0 Å². The first-order chi connectivity index (χ1) is 12.2. The normalized spacial score (nSPS) is 28.5. The van der Waals surface area contributed by atoms with Crippen LogP contribution in [0, 0.1) is 29.1 Å². The van der Waals surface area contributed by atoms with Gasteiger partial charge in [0, 0.05) is 0 Å². The largest absolute Gasteiger partial charge is 0.481 e. The Hall–Kier alpha value is -1.89. The van der Waals surface area contributed by atoms with Gasteiger partial charge in [0.1, 0.15) is 19.3 Å². The van der Waals surface area contributed by atoms with Crippen molar-refractivity contribution in [2.75, 3.05) is 13.2 Å². The number of esters is 2. The molecule has 146 valence electrons. The molecule has 0 saturated heterocycles. The van der Waals surface area contributed by atoms with E-state index in [1.54, 1.807) is 13.8 Å². The lowest BCUT2D eigenvalue weighted by Crippen LogP contribution is -2.46. The van der Waals surface area contributed by atoms with Crippen molar-refractivity contribution in [1.82, 2.24) is 0 Å². The van der Waals surface area contributed by atoms with E-state index in [0.717, 1.165) is 12.8 Å². The number of rotatable bonds is 8. The molecule has 1 saturated carbocycles. The van der Waals surface area contributed by atoms with Crippen molar-refractivity contribution in [2.45, 2.75) is 46.1 Å². The number of fused-ring (bicyclic) bond motifs is 2. The molecule has 0 aliphatic heterocycles. The van der Waals surface area contributed by atoms with Crippen LogP contribution in [-0.2, 0) is 23.9 Å². The summed E-state index contributed by atoms with van der Waals surface area (Å²) in [5.74, 6) is -3.85. The highest BCUT2D eigenvalue weighted by atomic mass is 16.6. The summed E-state index contributed by atoms with van der Waals surface area (Å²) >= 11 is 0. The van der Waals surface area contributed by atoms with E-state index in [4.69, 9.17) is 9.47 Å². The van der Waals surface area contributed by atoms with Crippen molar-refractivity contribution < 1.29 is 34.1 Å². The average Bonchev–Trinajstić information content (AvgIpc) is 2.63. The third-order valence-corrected chi connectivity index (χ3v) is 5.57. The van der Waals surface area contributed by atoms with Crippen LogP contribution >= 0.6 is 0 Å². The van der Waals surface area contributed by atoms with Crippen LogP contribution in [0.15, 0.2) is 12.2 Å². The quantitative estimate of drug-likeness (QED) is 0.496. The number of allylic oxidation sites excluding steroid dienone is 2. The molecule has 7 nitrogen and oxygen atoms in total. The zero-order valence-corrected chi connectivity index (χ0v) is 15.5. The molecule has 0 aromatic heterocycles. The monoisotopic (exact) mass is 368 g/mol. The lowest BCUT2D eigenvalue weighted by Gasteiger charge is -2.41. The van der Waals surface area contributed by atoms with Gasteiger partial charge in [-0.3, -0.25) is 14.4 Å². The number of carboxylic acid groups (broad SMARTS) is 1. The van der Waals surface area contributed by atoms with Crippen LogP contribution in [0.3, 0.4) is 0 Å². The van der Waals surface area contributed by atoms with Crippen molar-refractivity contribution in [1.29, 1.82) is 0 Å². The molecule has 3 aliphatic rings. The summed E-state index contributed by atoms with van der Waals surface area (Å²) in [6.07, 6.45) is 4.75. The van der Waals surface area contributed by atoms with Crippen LogP contribution in [0.1, 0.15) is 40.0 Å². The number of hydrogen-bond donors (Lipinski definition) is 2. The van der Waals surface area contributed by atoms with E-state index in [9.17, 15) is 24.6 Å². The van der Waals surface area contributed by atoms with E-state index < -0.39 is 41.3 Å². The molecule has 26 heavy (non-hydrogen) atoms. The van der Waals surface area contributed by atoms with Gasteiger partial charge in [0.15, 0.2) is 0 Å². The number of carbonyl (C=O) groups excluding carboxylic acids is 2. The Bertz CT molecular complexity index is 580. The molecule has 5 unspecified atom stereocenters. The second-order valence-corrected chi connectivity index (χ2v) is 7.80. The SMILES string of the molecule is CCC(C)(C)C(=O)OCC(O)COC(=O)C1C2C=CC(CC2)C1C(=O)O. The maximum Gasteiger partial charge on any atom is 0.311 e. The Morgan fingerprint density at radius 3 is 2.12 bits per heavy atom. The molecule has 0 spiro atoms. The Kier molecular flexibility index (Phi) is 6.44. The number of hydrogen-bond acceptors (Lipinski definition) is 6. The maximum atomic E-state index is 12.4. The molecule has 0 radical (unpaired) electrons. The molecule has 0 amide bonds. The standard InChI is InChI=1S/C19H28O7/c1-4-19(2,3)18(24)26-10-13(20)9-25-17(23)15-12-7-5-11(6-8-12)14(15)16(21)22/h5,7,11-15,20H,4,6,8-10H2,1-3H3,(H,21,22). The van der Waals surface area contributed by atoms with Crippen molar-refractivity contribution in [3.05, 3.63) is 12.2 Å². The van der Waals surface area contributed by atoms with Gasteiger partial charge in [-0.25, -0.2) is 0 Å². The van der Waals surface area contributed by atoms with Gasteiger partial charge >= 0.3 is 17.9 Å². The highest BCUT2D eigenvalue weighted by Gasteiger charge is 2.49. The number of aliphatic carboxylic acids is 1. The molecule has 2 N–H and O–H groups in total. The van der Waals surface area contributed by atoms with Gasteiger partial charge in [-0.05, 0) is 44.9 Å². The van der Waals surface area contributed by atoms with Crippen LogP contribution < -0.4 is 0 Å². The third-order valence-electron chi connectivity index (χ3n) is 5.57. The number of aliphatic hydroxyl groups excluding tert-OH is 1. The van der Waals surface area contributed by atoms with Crippen LogP contribution in [0.2, 0.25) is 0 Å².